The molecule has 0 saturated carbocycles. The van der Waals surface area contributed by atoms with Gasteiger partial charge in [0.2, 0.25) is 10.0 Å². The fourth-order valence-electron chi connectivity index (χ4n) is 4.82. The molecule has 1 saturated heterocycles. The van der Waals surface area contributed by atoms with E-state index in [2.05, 4.69) is 65.8 Å². The Balaban J connectivity index is 1.43. The lowest BCUT2D eigenvalue weighted by Crippen LogP contribution is -2.53. The van der Waals surface area contributed by atoms with Crippen LogP contribution in [0.25, 0.3) is 0 Å². The first-order valence-corrected chi connectivity index (χ1v) is 11.9. The summed E-state index contributed by atoms with van der Waals surface area (Å²) in [6.07, 6.45) is 1.53. The number of rotatable bonds is 4. The second-order valence-electron chi connectivity index (χ2n) is 8.10. The molecule has 0 aromatic heterocycles. The number of sulfonamides is 1. The third-order valence-electron chi connectivity index (χ3n) is 6.19. The summed E-state index contributed by atoms with van der Waals surface area (Å²) < 4.78 is 28.6. The highest BCUT2D eigenvalue weighted by atomic mass is 32.2. The second-order valence-corrected chi connectivity index (χ2v) is 9.81. The van der Waals surface area contributed by atoms with Crippen LogP contribution in [0.1, 0.15) is 29.9 Å². The van der Waals surface area contributed by atoms with E-state index in [1.165, 1.54) is 22.1 Å². The summed E-state index contributed by atoms with van der Waals surface area (Å²) in [4.78, 5) is 0.322. The molecule has 0 bridgehead atoms. The smallest absolute Gasteiger partial charge is 0.240 e. The molecule has 3 aromatic rings. The number of nitrogens with one attached hydrogen (secondary N) is 2. The maximum Gasteiger partial charge on any atom is 0.240 e. The Bertz CT molecular complexity index is 1110. The van der Waals surface area contributed by atoms with E-state index in [9.17, 15) is 8.42 Å². The predicted molar refractivity (Wildman–Crippen MR) is 121 cm³/mol. The van der Waals surface area contributed by atoms with Gasteiger partial charge in [-0.2, -0.15) is 0 Å². The summed E-state index contributed by atoms with van der Waals surface area (Å²) >= 11 is 0. The number of piperidine rings is 1. The van der Waals surface area contributed by atoms with Gasteiger partial charge in [0, 0.05) is 18.0 Å². The fourth-order valence-corrected chi connectivity index (χ4v) is 6.12. The van der Waals surface area contributed by atoms with Crippen molar-refractivity contribution in [3.63, 3.8) is 0 Å². The van der Waals surface area contributed by atoms with Crippen molar-refractivity contribution >= 4 is 28.2 Å². The van der Waals surface area contributed by atoms with Crippen LogP contribution in [0, 0.1) is 0 Å². The summed E-state index contributed by atoms with van der Waals surface area (Å²) in [5, 5.41) is 3.68. The van der Waals surface area contributed by atoms with E-state index in [-0.39, 0.29) is 18.0 Å². The van der Waals surface area contributed by atoms with Gasteiger partial charge < -0.3 is 5.32 Å². The molecule has 5 rings (SSSR count). The van der Waals surface area contributed by atoms with Crippen LogP contribution >= 0.6 is 0 Å². The largest absolute Gasteiger partial charge is 0.313 e. The van der Waals surface area contributed by atoms with Crippen molar-refractivity contribution in [2.75, 3.05) is 6.54 Å². The quantitative estimate of drug-likeness (QED) is 0.640. The zero-order valence-corrected chi connectivity index (χ0v) is 17.5. The minimum atomic E-state index is -3.52. The van der Waals surface area contributed by atoms with Gasteiger partial charge in [0.1, 0.15) is 0 Å². The van der Waals surface area contributed by atoms with Gasteiger partial charge in [-0.3, -0.25) is 0 Å². The maximum atomic E-state index is 12.8. The summed E-state index contributed by atoms with van der Waals surface area (Å²) in [5.41, 5.74) is 5.10. The van der Waals surface area contributed by atoms with Crippen molar-refractivity contribution in [3.8, 4) is 0 Å². The van der Waals surface area contributed by atoms with Crippen LogP contribution in [0.3, 0.4) is 0 Å². The van der Waals surface area contributed by atoms with Crippen molar-refractivity contribution in [1.82, 2.24) is 10.0 Å². The summed E-state index contributed by atoms with van der Waals surface area (Å²) in [7, 11) is -1.27. The van der Waals surface area contributed by atoms with Crippen molar-refractivity contribution in [3.05, 3.63) is 90.0 Å². The predicted octanol–water partition coefficient (Wildman–Crippen LogP) is 1.89. The Labute approximate surface area is 179 Å². The molecule has 151 valence electrons. The average Bonchev–Trinajstić information content (AvgIpc) is 2.78. The Morgan fingerprint density at radius 1 is 0.833 bits per heavy atom. The molecule has 2 atom stereocenters. The highest BCUT2D eigenvalue weighted by Gasteiger charge is 2.36. The standard InChI is InChI=1S/C24H24BN2O2S/c28-30(29,18-8-2-1-3-9-18)27-17-14-15-26-23(16-17)24-19-10-4-6-12-21(19)25-22-13-7-5-11-20(22)24/h1-13,17,23-24,26-27H,14-16H2. The molecular weight excluding hydrogens is 391 g/mol. The monoisotopic (exact) mass is 415 g/mol. The van der Waals surface area contributed by atoms with Crippen molar-refractivity contribution in [1.29, 1.82) is 0 Å². The van der Waals surface area contributed by atoms with E-state index < -0.39 is 10.0 Å². The topological polar surface area (TPSA) is 58.2 Å². The van der Waals surface area contributed by atoms with E-state index in [1.54, 1.807) is 24.3 Å². The lowest BCUT2D eigenvalue weighted by atomic mass is 9.53. The van der Waals surface area contributed by atoms with E-state index in [0.717, 1.165) is 19.4 Å². The van der Waals surface area contributed by atoms with Crippen LogP contribution in [0.5, 0.6) is 0 Å². The third-order valence-corrected chi connectivity index (χ3v) is 7.73. The molecule has 4 nitrogen and oxygen atoms in total. The first kappa shape index (κ1) is 19.6. The average molecular weight is 415 g/mol. The molecule has 3 aromatic carbocycles. The Morgan fingerprint density at radius 3 is 2.10 bits per heavy atom. The van der Waals surface area contributed by atoms with Crippen molar-refractivity contribution in [2.45, 2.75) is 35.7 Å². The summed E-state index contributed by atoms with van der Waals surface area (Å²) in [6, 6.07) is 25.8. The zero-order chi connectivity index (χ0) is 20.6. The van der Waals surface area contributed by atoms with E-state index in [1.807, 2.05) is 6.07 Å². The molecule has 0 spiro atoms. The molecular formula is C24H24BN2O2S. The van der Waals surface area contributed by atoms with Crippen LogP contribution in [0.15, 0.2) is 83.8 Å². The minimum Gasteiger partial charge on any atom is -0.313 e. The molecule has 0 amide bonds. The number of benzene rings is 3. The van der Waals surface area contributed by atoms with Gasteiger partial charge >= 0.3 is 0 Å². The number of hydrogen-bond acceptors (Lipinski definition) is 3. The summed E-state index contributed by atoms with van der Waals surface area (Å²) in [5.74, 6) is 0.200. The van der Waals surface area contributed by atoms with Gasteiger partial charge in [-0.15, -0.1) is 0 Å². The second kappa shape index (κ2) is 8.02. The molecule has 1 fully saturated rings. The molecule has 0 aliphatic carbocycles. The third kappa shape index (κ3) is 3.71. The molecule has 30 heavy (non-hydrogen) atoms. The van der Waals surface area contributed by atoms with E-state index in [0.29, 0.717) is 4.90 Å². The lowest BCUT2D eigenvalue weighted by Gasteiger charge is -2.39. The Hall–Kier alpha value is -2.41. The van der Waals surface area contributed by atoms with Gasteiger partial charge in [-0.25, -0.2) is 13.1 Å². The molecule has 1 radical (unpaired) electrons. The molecule has 2 unspecified atom stereocenters. The zero-order valence-electron chi connectivity index (χ0n) is 16.7. The van der Waals surface area contributed by atoms with Gasteiger partial charge in [-0.1, -0.05) is 77.7 Å². The van der Waals surface area contributed by atoms with Crippen molar-refractivity contribution < 1.29 is 8.42 Å². The molecule has 2 heterocycles. The lowest BCUT2D eigenvalue weighted by molar-refractivity contribution is 0.324. The van der Waals surface area contributed by atoms with Crippen LogP contribution in [-0.4, -0.2) is 34.3 Å². The molecule has 2 N–H and O–H groups in total. The van der Waals surface area contributed by atoms with Gasteiger partial charge in [0.25, 0.3) is 0 Å². The van der Waals surface area contributed by atoms with Gasteiger partial charge in [0.05, 0.1) is 4.90 Å². The van der Waals surface area contributed by atoms with E-state index in [4.69, 9.17) is 0 Å². The first-order valence-electron chi connectivity index (χ1n) is 10.5. The van der Waals surface area contributed by atoms with Crippen LogP contribution < -0.4 is 21.0 Å². The van der Waals surface area contributed by atoms with Crippen LogP contribution in [0.2, 0.25) is 0 Å². The highest BCUT2D eigenvalue weighted by molar-refractivity contribution is 7.89. The Kier molecular flexibility index (Phi) is 5.23. The SMILES string of the molecule is O=S(=O)(NC1CCNC(C2c3ccccc3[B]c3ccccc32)C1)c1ccccc1. The summed E-state index contributed by atoms with van der Waals surface area (Å²) in [6.45, 7) is 0.789. The highest BCUT2D eigenvalue weighted by Crippen LogP contribution is 2.32. The number of hydrogen-bond donors (Lipinski definition) is 2. The molecule has 6 heteroatoms. The maximum absolute atomic E-state index is 12.8. The number of fused-ring (bicyclic) bond motifs is 2. The normalized spacial score (nSPS) is 21.3. The molecule has 2 aliphatic rings. The van der Waals surface area contributed by atoms with Gasteiger partial charge in [-0.05, 0) is 42.6 Å². The van der Waals surface area contributed by atoms with Gasteiger partial charge in [0.15, 0.2) is 7.28 Å². The van der Waals surface area contributed by atoms with Crippen LogP contribution in [0.4, 0.5) is 0 Å². The minimum absolute atomic E-state index is 0.0910. The van der Waals surface area contributed by atoms with Crippen molar-refractivity contribution in [2.24, 2.45) is 0 Å². The first-order chi connectivity index (χ1) is 14.6. The fraction of sp³-hybridized carbons (Fsp3) is 0.250. The Morgan fingerprint density at radius 2 is 1.43 bits per heavy atom. The van der Waals surface area contributed by atoms with E-state index >= 15 is 0 Å². The van der Waals surface area contributed by atoms with Crippen LogP contribution in [-0.2, 0) is 10.0 Å². The molecule has 2 aliphatic heterocycles.